The first-order chi connectivity index (χ1) is 22.6. The minimum Gasteiger partial charge on any atom is -0.493 e. The lowest BCUT2D eigenvalue weighted by molar-refractivity contribution is 0.0492. The van der Waals surface area contributed by atoms with Gasteiger partial charge in [-0.3, -0.25) is 0 Å². The number of aromatic nitrogens is 1. The van der Waals surface area contributed by atoms with Crippen molar-refractivity contribution in [3.63, 3.8) is 0 Å². The smallest absolute Gasteiger partial charge is 0.361 e. The second-order valence-corrected chi connectivity index (χ2v) is 11.8. The van der Waals surface area contributed by atoms with E-state index in [0.29, 0.717) is 56.4 Å². The molecule has 0 radical (unpaired) electrons. The Kier molecular flexibility index (Phi) is 8.55. The number of methoxy groups -OCH3 is 4. The van der Waals surface area contributed by atoms with Gasteiger partial charge in [-0.25, -0.2) is 4.79 Å². The summed E-state index contributed by atoms with van der Waals surface area (Å²) in [6.45, 7) is 9.81. The summed E-state index contributed by atoms with van der Waals surface area (Å²) in [5, 5.41) is 3.12. The monoisotopic (exact) mass is 641 g/mol. The zero-order valence-electron chi connectivity index (χ0n) is 28.1. The van der Waals surface area contributed by atoms with Crippen molar-refractivity contribution in [1.29, 1.82) is 0 Å². The van der Waals surface area contributed by atoms with E-state index in [1.54, 1.807) is 34.5 Å². The molecular formula is C37H39NO9. The third-order valence-corrected chi connectivity index (χ3v) is 7.97. The number of hydrogen-bond donors (Lipinski definition) is 0. The Morgan fingerprint density at radius 3 is 1.96 bits per heavy atom. The quantitative estimate of drug-likeness (QED) is 0.103. The van der Waals surface area contributed by atoms with E-state index in [0.717, 1.165) is 33.0 Å². The van der Waals surface area contributed by atoms with Crippen LogP contribution in [-0.4, -0.2) is 51.8 Å². The highest BCUT2D eigenvalue weighted by atomic mass is 16.7. The minimum absolute atomic E-state index is 0.0250. The van der Waals surface area contributed by atoms with Crippen LogP contribution in [0.15, 0.2) is 57.9 Å². The lowest BCUT2D eigenvalue weighted by atomic mass is 9.94. The first-order valence-electron chi connectivity index (χ1n) is 15.4. The van der Waals surface area contributed by atoms with Crippen LogP contribution in [0.4, 0.5) is 0 Å². The van der Waals surface area contributed by atoms with Crippen LogP contribution in [0, 0.1) is 6.92 Å². The molecule has 0 saturated heterocycles. The second-order valence-electron chi connectivity index (χ2n) is 11.8. The van der Waals surface area contributed by atoms with Crippen molar-refractivity contribution in [3.8, 4) is 45.6 Å². The summed E-state index contributed by atoms with van der Waals surface area (Å²) in [7, 11) is 6.35. The van der Waals surface area contributed by atoms with Gasteiger partial charge in [0, 0.05) is 41.1 Å². The molecule has 47 heavy (non-hydrogen) atoms. The van der Waals surface area contributed by atoms with Crippen molar-refractivity contribution in [2.45, 2.75) is 46.8 Å². The van der Waals surface area contributed by atoms with Gasteiger partial charge in [0.05, 0.1) is 39.1 Å². The van der Waals surface area contributed by atoms with Crippen molar-refractivity contribution in [2.75, 3.05) is 35.2 Å². The Bertz CT molecular complexity index is 2190. The van der Waals surface area contributed by atoms with Gasteiger partial charge in [0.25, 0.3) is 0 Å². The van der Waals surface area contributed by atoms with Crippen LogP contribution in [0.3, 0.4) is 0 Å². The fourth-order valence-electron chi connectivity index (χ4n) is 6.11. The van der Waals surface area contributed by atoms with E-state index >= 15 is 0 Å². The molecule has 0 unspecified atom stereocenters. The molecule has 6 rings (SSSR count). The maximum absolute atomic E-state index is 14.0. The zero-order chi connectivity index (χ0) is 33.6. The van der Waals surface area contributed by atoms with Crippen molar-refractivity contribution in [2.24, 2.45) is 0 Å². The normalized spacial score (nSPS) is 11.7. The number of ether oxygens (including phenoxy) is 7. The first kappa shape index (κ1) is 31.9. The molecule has 3 heterocycles. The maximum atomic E-state index is 14.0. The summed E-state index contributed by atoms with van der Waals surface area (Å²) in [5.41, 5.74) is 3.55. The molecule has 0 amide bonds. The van der Waals surface area contributed by atoms with E-state index in [4.69, 9.17) is 37.6 Å². The molecule has 0 bridgehead atoms. The molecule has 0 spiro atoms. The molecule has 0 N–H and O–H groups in total. The highest BCUT2D eigenvalue weighted by Gasteiger charge is 2.26. The Labute approximate surface area is 272 Å². The molecule has 0 saturated carbocycles. The molecule has 10 heteroatoms. The predicted molar refractivity (Wildman–Crippen MR) is 182 cm³/mol. The average molecular weight is 642 g/mol. The summed E-state index contributed by atoms with van der Waals surface area (Å²) >= 11 is 0. The van der Waals surface area contributed by atoms with Gasteiger partial charge in [-0.15, -0.1) is 0 Å². The molecular weight excluding hydrogens is 602 g/mol. The number of nitrogens with zero attached hydrogens (tertiary/aromatic N) is 1. The molecule has 3 aromatic heterocycles. The fourth-order valence-corrected chi connectivity index (χ4v) is 6.11. The Morgan fingerprint density at radius 1 is 0.723 bits per heavy atom. The molecule has 0 atom stereocenters. The standard InChI is InChI=1S/C37H39NO9/c1-19(2)45-31-13-22-10-11-38-35(24(22)15-28(31)42-8)33(23-14-30(44-18-40-6)27(41-7)12-21(23)5)34-25-16-29(43-9)32(46-20(3)4)17-26(25)47-37(39)36(34)38/h10-17,19-20H,18H2,1-9H3. The maximum Gasteiger partial charge on any atom is 0.361 e. The zero-order valence-corrected chi connectivity index (χ0v) is 28.1. The summed E-state index contributed by atoms with van der Waals surface area (Å²) in [6, 6.07) is 13.3. The average Bonchev–Trinajstić information content (AvgIpc) is 3.39. The van der Waals surface area contributed by atoms with Gasteiger partial charge in [0.2, 0.25) is 0 Å². The van der Waals surface area contributed by atoms with Gasteiger partial charge < -0.3 is 42.0 Å². The third kappa shape index (κ3) is 5.52. The Balaban J connectivity index is 1.84. The van der Waals surface area contributed by atoms with E-state index in [1.165, 1.54) is 0 Å². The van der Waals surface area contributed by atoms with E-state index in [9.17, 15) is 4.79 Å². The van der Waals surface area contributed by atoms with E-state index in [2.05, 4.69) is 0 Å². The second kappa shape index (κ2) is 12.6. The number of aryl methyl sites for hydroxylation is 1. The molecule has 3 aromatic carbocycles. The number of fused-ring (bicyclic) bond motifs is 7. The van der Waals surface area contributed by atoms with Gasteiger partial charge in [0.15, 0.2) is 41.3 Å². The predicted octanol–water partition coefficient (Wildman–Crippen LogP) is 7.91. The van der Waals surface area contributed by atoms with Crippen LogP contribution < -0.4 is 34.0 Å². The van der Waals surface area contributed by atoms with E-state index in [-0.39, 0.29) is 19.0 Å². The van der Waals surface area contributed by atoms with Crippen LogP contribution in [0.5, 0.6) is 34.5 Å². The minimum atomic E-state index is -0.498. The summed E-state index contributed by atoms with van der Waals surface area (Å²) in [4.78, 5) is 14.0. The van der Waals surface area contributed by atoms with Crippen LogP contribution in [-0.2, 0) is 4.74 Å². The summed E-state index contributed by atoms with van der Waals surface area (Å²) < 4.78 is 48.5. The number of pyridine rings is 1. The topological polar surface area (TPSA) is 99.2 Å². The van der Waals surface area contributed by atoms with Gasteiger partial charge in [-0.05, 0) is 87.5 Å². The molecule has 0 aliphatic heterocycles. The fraction of sp³-hybridized carbons (Fsp3) is 0.324. The first-order valence-corrected chi connectivity index (χ1v) is 15.4. The van der Waals surface area contributed by atoms with E-state index in [1.807, 2.05) is 81.6 Å². The van der Waals surface area contributed by atoms with Gasteiger partial charge in [0.1, 0.15) is 11.1 Å². The van der Waals surface area contributed by atoms with Crippen LogP contribution in [0.25, 0.3) is 49.3 Å². The lowest BCUT2D eigenvalue weighted by Crippen LogP contribution is -2.07. The van der Waals surface area contributed by atoms with Crippen molar-refractivity contribution in [3.05, 3.63) is 64.6 Å². The molecule has 0 aliphatic carbocycles. The number of rotatable bonds is 11. The Morgan fingerprint density at radius 2 is 1.34 bits per heavy atom. The molecule has 0 fully saturated rings. The molecule has 246 valence electrons. The van der Waals surface area contributed by atoms with Crippen molar-refractivity contribution >= 4 is 38.2 Å². The summed E-state index contributed by atoms with van der Waals surface area (Å²) in [5.74, 6) is 3.23. The molecule has 10 nitrogen and oxygen atoms in total. The SMILES string of the molecule is COCOc1cc(-c2c3c4cc(OC)c(OC(C)C)cc4oc(=O)c3n3ccc4cc(OC(C)C)c(OC)cc4c23)c(C)cc1OC. The van der Waals surface area contributed by atoms with Crippen LogP contribution >= 0.6 is 0 Å². The highest BCUT2D eigenvalue weighted by Crippen LogP contribution is 2.47. The Hall–Kier alpha value is -5.09. The third-order valence-electron chi connectivity index (χ3n) is 7.97. The highest BCUT2D eigenvalue weighted by molar-refractivity contribution is 6.22. The van der Waals surface area contributed by atoms with Crippen LogP contribution in [0.1, 0.15) is 33.3 Å². The lowest BCUT2D eigenvalue weighted by Gasteiger charge is -2.17. The van der Waals surface area contributed by atoms with Gasteiger partial charge in [-0.1, -0.05) is 0 Å². The largest absolute Gasteiger partial charge is 0.493 e. The van der Waals surface area contributed by atoms with Crippen LogP contribution in [0.2, 0.25) is 0 Å². The van der Waals surface area contributed by atoms with Crippen molar-refractivity contribution < 1.29 is 37.6 Å². The number of hydrogen-bond acceptors (Lipinski definition) is 9. The van der Waals surface area contributed by atoms with Gasteiger partial charge in [-0.2, -0.15) is 0 Å². The van der Waals surface area contributed by atoms with E-state index < -0.39 is 5.63 Å². The molecule has 6 aromatic rings. The van der Waals surface area contributed by atoms with Gasteiger partial charge >= 0.3 is 5.63 Å². The van der Waals surface area contributed by atoms with Crippen molar-refractivity contribution in [1.82, 2.24) is 4.40 Å². The summed E-state index contributed by atoms with van der Waals surface area (Å²) in [6.07, 6.45) is 1.70. The number of benzene rings is 3. The molecule has 0 aliphatic rings.